The Kier molecular flexibility index (Phi) is 7.38. The summed E-state index contributed by atoms with van der Waals surface area (Å²) in [6.45, 7) is 1.00. The lowest BCUT2D eigenvalue weighted by molar-refractivity contribution is 0.449. The summed E-state index contributed by atoms with van der Waals surface area (Å²) in [4.78, 5) is 0. The summed E-state index contributed by atoms with van der Waals surface area (Å²) in [7, 11) is 2.03. The van der Waals surface area contributed by atoms with Crippen LogP contribution in [0, 0.1) is 3.57 Å². The third-order valence-electron chi connectivity index (χ3n) is 4.97. The second-order valence-electron chi connectivity index (χ2n) is 6.46. The van der Waals surface area contributed by atoms with Crippen molar-refractivity contribution in [2.45, 2.75) is 37.5 Å². The Bertz CT molecular complexity index is 662. The van der Waals surface area contributed by atoms with Crippen LogP contribution in [0.25, 0.3) is 0 Å². The fraction of sp³-hybridized carbons (Fsp3) is 0.400. The van der Waals surface area contributed by atoms with E-state index in [9.17, 15) is 5.11 Å². The summed E-state index contributed by atoms with van der Waals surface area (Å²) < 4.78 is 1.05. The smallest absolute Gasteiger partial charge is 0.129 e. The zero-order valence-electron chi connectivity index (χ0n) is 14.0. The van der Waals surface area contributed by atoms with E-state index in [1.54, 1.807) is 0 Å². The SMILES string of the molecule is CNCC(CC1CCCc2c1ccc(O)c2I)c1ccccc1.Cl. The van der Waals surface area contributed by atoms with Gasteiger partial charge in [-0.05, 0) is 89.9 Å². The molecule has 1 aliphatic rings. The third kappa shape index (κ3) is 4.24. The second kappa shape index (κ2) is 9.07. The molecule has 0 aliphatic heterocycles. The molecule has 2 aromatic rings. The topological polar surface area (TPSA) is 32.3 Å². The molecule has 2 unspecified atom stereocenters. The maximum absolute atomic E-state index is 9.99. The molecule has 130 valence electrons. The van der Waals surface area contributed by atoms with Gasteiger partial charge in [-0.2, -0.15) is 0 Å². The average Bonchev–Trinajstić information content (AvgIpc) is 2.59. The van der Waals surface area contributed by atoms with E-state index >= 15 is 0 Å². The Morgan fingerprint density at radius 1 is 1.21 bits per heavy atom. The molecule has 2 atom stereocenters. The first-order valence-corrected chi connectivity index (χ1v) is 9.48. The van der Waals surface area contributed by atoms with Crippen molar-refractivity contribution in [1.82, 2.24) is 5.32 Å². The van der Waals surface area contributed by atoms with E-state index in [1.165, 1.54) is 36.0 Å². The van der Waals surface area contributed by atoms with Gasteiger partial charge in [0.15, 0.2) is 0 Å². The van der Waals surface area contributed by atoms with Gasteiger partial charge in [-0.1, -0.05) is 36.4 Å². The molecule has 0 amide bonds. The molecule has 4 heteroatoms. The molecule has 0 aromatic heterocycles. The predicted molar refractivity (Wildman–Crippen MR) is 111 cm³/mol. The normalized spacial score (nSPS) is 17.7. The summed E-state index contributed by atoms with van der Waals surface area (Å²) in [5.74, 6) is 1.55. The van der Waals surface area contributed by atoms with Crippen molar-refractivity contribution in [2.75, 3.05) is 13.6 Å². The molecule has 0 saturated heterocycles. The van der Waals surface area contributed by atoms with Gasteiger partial charge >= 0.3 is 0 Å². The molecule has 3 rings (SSSR count). The van der Waals surface area contributed by atoms with Gasteiger partial charge in [0, 0.05) is 6.54 Å². The number of aromatic hydroxyl groups is 1. The van der Waals surface area contributed by atoms with Gasteiger partial charge in [-0.25, -0.2) is 0 Å². The molecular weight excluding hydrogens is 433 g/mol. The van der Waals surface area contributed by atoms with Crippen LogP contribution in [0.1, 0.15) is 47.8 Å². The zero-order chi connectivity index (χ0) is 16.2. The van der Waals surface area contributed by atoms with E-state index in [1.807, 2.05) is 13.1 Å². The molecule has 2 nitrogen and oxygen atoms in total. The molecule has 0 bridgehead atoms. The predicted octanol–water partition coefficient (Wildman–Crippen LogP) is 5.23. The van der Waals surface area contributed by atoms with Crippen molar-refractivity contribution in [3.05, 3.63) is 62.7 Å². The largest absolute Gasteiger partial charge is 0.507 e. The molecule has 0 radical (unpaired) electrons. The number of fused-ring (bicyclic) bond motifs is 1. The first kappa shape index (κ1) is 19.5. The lowest BCUT2D eigenvalue weighted by Crippen LogP contribution is -2.21. The van der Waals surface area contributed by atoms with Crippen LogP contribution in [-0.4, -0.2) is 18.7 Å². The van der Waals surface area contributed by atoms with Gasteiger partial charge in [0.25, 0.3) is 0 Å². The molecule has 0 spiro atoms. The van der Waals surface area contributed by atoms with Crippen LogP contribution in [0.3, 0.4) is 0 Å². The monoisotopic (exact) mass is 457 g/mol. The molecule has 24 heavy (non-hydrogen) atoms. The zero-order valence-corrected chi connectivity index (χ0v) is 16.9. The minimum atomic E-state index is 0. The highest BCUT2D eigenvalue weighted by Gasteiger charge is 2.26. The van der Waals surface area contributed by atoms with Crippen LogP contribution in [0.15, 0.2) is 42.5 Å². The maximum Gasteiger partial charge on any atom is 0.129 e. The third-order valence-corrected chi connectivity index (χ3v) is 6.17. The first-order valence-electron chi connectivity index (χ1n) is 8.40. The fourth-order valence-electron chi connectivity index (χ4n) is 3.84. The molecular formula is C20H25ClINO. The lowest BCUT2D eigenvalue weighted by Gasteiger charge is -2.30. The Morgan fingerprint density at radius 2 is 1.96 bits per heavy atom. The van der Waals surface area contributed by atoms with Gasteiger partial charge in [0.2, 0.25) is 0 Å². The summed E-state index contributed by atoms with van der Waals surface area (Å²) in [6.07, 6.45) is 4.73. The van der Waals surface area contributed by atoms with E-state index in [0.29, 0.717) is 17.6 Å². The maximum atomic E-state index is 9.99. The van der Waals surface area contributed by atoms with Gasteiger partial charge in [-0.3, -0.25) is 0 Å². The second-order valence-corrected chi connectivity index (χ2v) is 7.54. The molecule has 2 aromatic carbocycles. The Morgan fingerprint density at radius 3 is 2.67 bits per heavy atom. The number of nitrogens with one attached hydrogen (secondary N) is 1. The van der Waals surface area contributed by atoms with Crippen LogP contribution in [0.2, 0.25) is 0 Å². The number of hydrogen-bond donors (Lipinski definition) is 2. The number of halogens is 2. The highest BCUT2D eigenvalue weighted by molar-refractivity contribution is 14.1. The summed E-state index contributed by atoms with van der Waals surface area (Å²) in [6, 6.07) is 14.9. The van der Waals surface area contributed by atoms with Crippen LogP contribution in [0.5, 0.6) is 5.75 Å². The first-order chi connectivity index (χ1) is 11.2. The lowest BCUT2D eigenvalue weighted by atomic mass is 9.76. The quantitative estimate of drug-likeness (QED) is 0.603. The number of phenols is 1. The fourth-order valence-corrected chi connectivity index (χ4v) is 4.60. The van der Waals surface area contributed by atoms with Crippen LogP contribution < -0.4 is 5.32 Å². The number of likely N-dealkylation sites (N-methyl/N-ethyl adjacent to an activating group) is 1. The molecule has 0 saturated carbocycles. The van der Waals surface area contributed by atoms with Crippen molar-refractivity contribution < 1.29 is 5.11 Å². The Labute approximate surface area is 164 Å². The molecule has 1 aliphatic carbocycles. The van der Waals surface area contributed by atoms with E-state index in [-0.39, 0.29) is 12.4 Å². The van der Waals surface area contributed by atoms with Crippen molar-refractivity contribution in [2.24, 2.45) is 0 Å². The minimum Gasteiger partial charge on any atom is -0.507 e. The van der Waals surface area contributed by atoms with Gasteiger partial charge < -0.3 is 10.4 Å². The van der Waals surface area contributed by atoms with Gasteiger partial charge in [0.05, 0.1) is 3.57 Å². The van der Waals surface area contributed by atoms with Crippen LogP contribution in [-0.2, 0) is 6.42 Å². The minimum absolute atomic E-state index is 0. The molecule has 2 N–H and O–H groups in total. The van der Waals surface area contributed by atoms with Crippen molar-refractivity contribution in [1.29, 1.82) is 0 Å². The summed E-state index contributed by atoms with van der Waals surface area (Å²) >= 11 is 2.30. The van der Waals surface area contributed by atoms with E-state index < -0.39 is 0 Å². The van der Waals surface area contributed by atoms with Crippen LogP contribution >= 0.6 is 35.0 Å². The number of phenolic OH excluding ortho intramolecular Hbond substituents is 1. The molecule has 0 fully saturated rings. The summed E-state index contributed by atoms with van der Waals surface area (Å²) in [5, 5.41) is 13.3. The van der Waals surface area contributed by atoms with Gasteiger partial charge in [-0.15, -0.1) is 12.4 Å². The summed E-state index contributed by atoms with van der Waals surface area (Å²) in [5.41, 5.74) is 4.25. The number of hydrogen-bond acceptors (Lipinski definition) is 2. The highest BCUT2D eigenvalue weighted by Crippen LogP contribution is 2.41. The van der Waals surface area contributed by atoms with Crippen LogP contribution in [0.4, 0.5) is 0 Å². The number of benzene rings is 2. The average molecular weight is 458 g/mol. The van der Waals surface area contributed by atoms with Gasteiger partial charge in [0.1, 0.15) is 5.75 Å². The van der Waals surface area contributed by atoms with Crippen molar-refractivity contribution >= 4 is 35.0 Å². The number of rotatable bonds is 5. The Balaban J connectivity index is 0.00000208. The highest BCUT2D eigenvalue weighted by atomic mass is 127. The standard InChI is InChI=1S/C20H24INO.ClH/c1-22-13-16(14-6-3-2-4-7-14)12-15-8-5-9-18-17(15)10-11-19(23)20(18)21;/h2-4,6-7,10-11,15-16,22-23H,5,8-9,12-13H2,1H3;1H. The van der Waals surface area contributed by atoms with Crippen molar-refractivity contribution in [3.8, 4) is 5.75 Å². The molecule has 0 heterocycles. The van der Waals surface area contributed by atoms with E-state index in [4.69, 9.17) is 0 Å². The van der Waals surface area contributed by atoms with Crippen molar-refractivity contribution in [3.63, 3.8) is 0 Å². The van der Waals surface area contributed by atoms with E-state index in [0.717, 1.165) is 16.5 Å². The van der Waals surface area contributed by atoms with E-state index in [2.05, 4.69) is 64.3 Å². The Hall–Kier alpha value is -0.780.